The van der Waals surface area contributed by atoms with Crippen molar-refractivity contribution < 1.29 is 24.2 Å². The number of aliphatic hydroxyl groups is 1. The van der Waals surface area contributed by atoms with E-state index in [9.17, 15) is 19.5 Å². The fourth-order valence-electron chi connectivity index (χ4n) is 7.11. The summed E-state index contributed by atoms with van der Waals surface area (Å²) in [6.07, 6.45) is 11.1. The summed E-state index contributed by atoms with van der Waals surface area (Å²) in [6.45, 7) is 4.36. The molecular weight excluding hydrogens is 548 g/mol. The first-order valence-corrected chi connectivity index (χ1v) is 15.8. The van der Waals surface area contributed by atoms with E-state index >= 15 is 0 Å². The molecule has 4 aliphatic rings. The number of cyclic esters (lactones) is 1. The van der Waals surface area contributed by atoms with Crippen LogP contribution >= 0.6 is 11.8 Å². The SMILES string of the molecule is Cc1ccc(C)c(N2CC=C[C@]34S[C@H]5/C=C\CCCCOC(=O)[C@H]5[C@H]3C(=O)N([C@@H](CO)Cc3ccccc3)C4C2=O)c1. The number of fused-ring (bicyclic) bond motifs is 2. The number of hydrogen-bond donors (Lipinski definition) is 1. The van der Waals surface area contributed by atoms with Crippen molar-refractivity contribution in [2.45, 2.75) is 61.6 Å². The monoisotopic (exact) mass is 586 g/mol. The van der Waals surface area contributed by atoms with Crippen molar-refractivity contribution >= 4 is 35.2 Å². The molecule has 0 radical (unpaired) electrons. The number of thioether (sulfide) groups is 1. The number of carbonyl (C=O) groups excluding carboxylic acids is 3. The maximum Gasteiger partial charge on any atom is 0.311 e. The molecule has 2 aromatic rings. The lowest BCUT2D eigenvalue weighted by Gasteiger charge is -2.39. The molecule has 4 aliphatic heterocycles. The van der Waals surface area contributed by atoms with Crippen molar-refractivity contribution in [1.82, 2.24) is 4.90 Å². The van der Waals surface area contributed by atoms with Crippen molar-refractivity contribution in [2.24, 2.45) is 11.8 Å². The lowest BCUT2D eigenvalue weighted by atomic mass is 9.78. The Labute approximate surface area is 251 Å². The van der Waals surface area contributed by atoms with Crippen LogP contribution in [0.4, 0.5) is 5.69 Å². The highest BCUT2D eigenvalue weighted by Crippen LogP contribution is 2.61. The summed E-state index contributed by atoms with van der Waals surface area (Å²) < 4.78 is 4.76. The third kappa shape index (κ3) is 4.88. The van der Waals surface area contributed by atoms with Crippen molar-refractivity contribution in [3.05, 3.63) is 89.5 Å². The van der Waals surface area contributed by atoms with Gasteiger partial charge in [-0.05, 0) is 62.3 Å². The van der Waals surface area contributed by atoms with E-state index < -0.39 is 28.7 Å². The Hall–Kier alpha value is -3.36. The van der Waals surface area contributed by atoms with Gasteiger partial charge in [0.25, 0.3) is 5.91 Å². The van der Waals surface area contributed by atoms with E-state index in [-0.39, 0.29) is 29.6 Å². The van der Waals surface area contributed by atoms with Gasteiger partial charge in [0.2, 0.25) is 5.91 Å². The molecule has 6 rings (SSSR count). The second kappa shape index (κ2) is 11.7. The maximum absolute atomic E-state index is 14.9. The molecule has 6 atom stereocenters. The number of ether oxygens (including phenoxy) is 1. The third-order valence-corrected chi connectivity index (χ3v) is 10.9. The third-order valence-electron chi connectivity index (χ3n) is 9.11. The van der Waals surface area contributed by atoms with Gasteiger partial charge in [-0.3, -0.25) is 14.4 Å². The quantitative estimate of drug-likeness (QED) is 0.413. The Morgan fingerprint density at radius 1 is 1.05 bits per heavy atom. The molecule has 0 saturated carbocycles. The minimum Gasteiger partial charge on any atom is -0.465 e. The zero-order chi connectivity index (χ0) is 29.4. The highest BCUT2D eigenvalue weighted by molar-refractivity contribution is 8.02. The summed E-state index contributed by atoms with van der Waals surface area (Å²) in [5, 5.41) is 10.4. The zero-order valence-electron chi connectivity index (χ0n) is 24.1. The average molecular weight is 587 g/mol. The molecule has 1 N–H and O–H groups in total. The van der Waals surface area contributed by atoms with Gasteiger partial charge in [0.15, 0.2) is 0 Å². The molecule has 1 spiro atoms. The molecule has 0 bridgehead atoms. The number of esters is 1. The molecule has 2 saturated heterocycles. The fraction of sp³-hybridized carbons (Fsp3) is 0.441. The van der Waals surface area contributed by atoms with Gasteiger partial charge in [-0.15, -0.1) is 11.8 Å². The molecule has 7 nitrogen and oxygen atoms in total. The van der Waals surface area contributed by atoms with Gasteiger partial charge < -0.3 is 19.6 Å². The number of hydrogen-bond acceptors (Lipinski definition) is 6. The predicted molar refractivity (Wildman–Crippen MR) is 164 cm³/mol. The van der Waals surface area contributed by atoms with Crippen LogP contribution in [0.25, 0.3) is 0 Å². The van der Waals surface area contributed by atoms with Crippen LogP contribution in [0, 0.1) is 25.7 Å². The lowest BCUT2D eigenvalue weighted by Crippen LogP contribution is -2.57. The van der Waals surface area contributed by atoms with Crippen LogP contribution in [0.5, 0.6) is 0 Å². The van der Waals surface area contributed by atoms with Crippen molar-refractivity contribution in [2.75, 3.05) is 24.7 Å². The van der Waals surface area contributed by atoms with Crippen LogP contribution in [-0.2, 0) is 25.5 Å². The van der Waals surface area contributed by atoms with Crippen LogP contribution in [0.2, 0.25) is 0 Å². The molecule has 8 heteroatoms. The first-order chi connectivity index (χ1) is 20.4. The second-order valence-corrected chi connectivity index (χ2v) is 13.3. The predicted octanol–water partition coefficient (Wildman–Crippen LogP) is 4.39. The standard InChI is InChI=1S/C34H38N2O5S/c1-22-14-15-23(2)26(19-22)35-17-10-16-34-29(28-27(42-34)13-8-3-4-9-18-41-33(28)40)31(38)36(30(34)32(35)39)25(21-37)20-24-11-6-5-7-12-24/h5-8,10-16,19,25,27-30,37H,3-4,9,17-18,20-21H2,1-2H3/b13-8-/t25-,27+,28-,29+,30?,34+/m1/s1. The number of rotatable bonds is 5. The Kier molecular flexibility index (Phi) is 8.03. The first kappa shape index (κ1) is 28.7. The Morgan fingerprint density at radius 2 is 1.86 bits per heavy atom. The molecule has 1 unspecified atom stereocenters. The van der Waals surface area contributed by atoms with E-state index in [1.54, 1.807) is 9.80 Å². The molecule has 2 amide bonds. The van der Waals surface area contributed by atoms with Crippen LogP contribution in [-0.4, -0.2) is 69.6 Å². The van der Waals surface area contributed by atoms with Crippen molar-refractivity contribution in [1.29, 1.82) is 0 Å². The number of allylic oxidation sites excluding steroid dienone is 1. The second-order valence-electron chi connectivity index (χ2n) is 11.8. The number of benzene rings is 2. The number of aryl methyl sites for hydroxylation is 2. The van der Waals surface area contributed by atoms with Crippen LogP contribution < -0.4 is 4.90 Å². The molecule has 2 fully saturated rings. The summed E-state index contributed by atoms with van der Waals surface area (Å²) in [6, 6.07) is 14.2. The largest absolute Gasteiger partial charge is 0.465 e. The maximum atomic E-state index is 14.9. The molecule has 0 aliphatic carbocycles. The number of aliphatic hydroxyl groups excluding tert-OH is 1. The Bertz CT molecular complexity index is 1420. The van der Waals surface area contributed by atoms with Gasteiger partial charge in [-0.1, -0.05) is 66.8 Å². The summed E-state index contributed by atoms with van der Waals surface area (Å²) in [7, 11) is 0. The van der Waals surface area contributed by atoms with Gasteiger partial charge >= 0.3 is 5.97 Å². The number of likely N-dealkylation sites (tertiary alicyclic amines) is 1. The van der Waals surface area contributed by atoms with E-state index in [0.29, 0.717) is 19.6 Å². The highest BCUT2D eigenvalue weighted by atomic mass is 32.2. The molecule has 220 valence electrons. The summed E-state index contributed by atoms with van der Waals surface area (Å²) in [4.78, 5) is 46.6. The van der Waals surface area contributed by atoms with Gasteiger partial charge in [-0.2, -0.15) is 0 Å². The van der Waals surface area contributed by atoms with Gasteiger partial charge in [0.1, 0.15) is 6.04 Å². The number of amides is 2. The van der Waals surface area contributed by atoms with E-state index in [4.69, 9.17) is 4.74 Å². The van der Waals surface area contributed by atoms with Crippen LogP contribution in [0.3, 0.4) is 0 Å². The number of nitrogens with zero attached hydrogens (tertiary/aromatic N) is 2. The molecule has 42 heavy (non-hydrogen) atoms. The summed E-state index contributed by atoms with van der Waals surface area (Å²) >= 11 is 1.54. The minimum atomic E-state index is -0.975. The number of anilines is 1. The van der Waals surface area contributed by atoms with Crippen molar-refractivity contribution in [3.63, 3.8) is 0 Å². The van der Waals surface area contributed by atoms with Gasteiger partial charge in [0, 0.05) is 17.5 Å². The molecule has 0 aromatic heterocycles. The lowest BCUT2D eigenvalue weighted by molar-refractivity contribution is -0.153. The molecule has 4 heterocycles. The highest BCUT2D eigenvalue weighted by Gasteiger charge is 2.71. The topological polar surface area (TPSA) is 87.2 Å². The number of carbonyl (C=O) groups is 3. The normalized spacial score (nSPS) is 30.7. The zero-order valence-corrected chi connectivity index (χ0v) is 25.0. The summed E-state index contributed by atoms with van der Waals surface area (Å²) in [5.41, 5.74) is 3.77. The van der Waals surface area contributed by atoms with E-state index in [2.05, 4.69) is 6.08 Å². The summed E-state index contributed by atoms with van der Waals surface area (Å²) in [5.74, 6) is -2.33. The van der Waals surface area contributed by atoms with Gasteiger partial charge in [-0.25, -0.2) is 0 Å². The van der Waals surface area contributed by atoms with Gasteiger partial charge in [0.05, 0.1) is 35.8 Å². The van der Waals surface area contributed by atoms with E-state index in [1.165, 1.54) is 11.8 Å². The fourth-order valence-corrected chi connectivity index (χ4v) is 9.10. The minimum absolute atomic E-state index is 0.190. The average Bonchev–Trinajstić information content (AvgIpc) is 3.38. The molecular formula is C34H38N2O5S. The smallest absolute Gasteiger partial charge is 0.311 e. The van der Waals surface area contributed by atoms with E-state index in [0.717, 1.165) is 41.6 Å². The van der Waals surface area contributed by atoms with E-state index in [1.807, 2.05) is 80.6 Å². The Balaban J connectivity index is 1.49. The molecule has 2 aromatic carbocycles. The first-order valence-electron chi connectivity index (χ1n) is 14.9. The van der Waals surface area contributed by atoms with Crippen molar-refractivity contribution in [3.8, 4) is 0 Å². The Morgan fingerprint density at radius 3 is 2.64 bits per heavy atom. The van der Waals surface area contributed by atoms with Crippen LogP contribution in [0.15, 0.2) is 72.8 Å². The van der Waals surface area contributed by atoms with Crippen LogP contribution in [0.1, 0.15) is 36.0 Å².